The van der Waals surface area contributed by atoms with Gasteiger partial charge in [0, 0.05) is 13.5 Å². The summed E-state index contributed by atoms with van der Waals surface area (Å²) in [7, 11) is -2.23. The van der Waals surface area contributed by atoms with E-state index in [0.29, 0.717) is 0 Å². The van der Waals surface area contributed by atoms with Crippen molar-refractivity contribution in [1.29, 1.82) is 0 Å². The van der Waals surface area contributed by atoms with Gasteiger partial charge in [-0.05, 0) is 31.2 Å². The van der Waals surface area contributed by atoms with E-state index in [2.05, 4.69) is 5.32 Å². The number of carbonyl (C=O) groups excluding carboxylic acids is 3. The molecule has 0 unspecified atom stereocenters. The molecule has 0 fully saturated rings. The maximum atomic E-state index is 12.3. The Bertz CT molecular complexity index is 1040. The monoisotopic (exact) mass is 386 g/mol. The van der Waals surface area contributed by atoms with Crippen LogP contribution in [0.3, 0.4) is 0 Å². The average Bonchev–Trinajstić information content (AvgIpc) is 2.86. The fourth-order valence-electron chi connectivity index (χ4n) is 2.81. The number of benzene rings is 2. The first-order valence-electron chi connectivity index (χ1n) is 8.25. The Hall–Kier alpha value is -3.00. The van der Waals surface area contributed by atoms with Crippen molar-refractivity contribution in [3.05, 3.63) is 59.2 Å². The molecule has 3 rings (SSSR count). The van der Waals surface area contributed by atoms with Crippen molar-refractivity contribution in [3.63, 3.8) is 0 Å². The third-order valence-electron chi connectivity index (χ3n) is 4.37. The molecule has 1 N–H and O–H groups in total. The number of rotatable bonds is 5. The van der Waals surface area contributed by atoms with Crippen LogP contribution in [0.2, 0.25) is 0 Å². The SMILES string of the molecule is Cc1ccc(S(=O)(=O)CCC(=O)Nc2cccc3c2C(=O)N(C)C3=O)cc1. The number of hydrogen-bond donors (Lipinski definition) is 1. The third kappa shape index (κ3) is 3.61. The summed E-state index contributed by atoms with van der Waals surface area (Å²) in [5, 5.41) is 2.54. The van der Waals surface area contributed by atoms with Gasteiger partial charge in [0.2, 0.25) is 5.91 Å². The van der Waals surface area contributed by atoms with Crippen LogP contribution < -0.4 is 5.32 Å². The van der Waals surface area contributed by atoms with Crippen LogP contribution in [-0.4, -0.2) is 43.8 Å². The van der Waals surface area contributed by atoms with Gasteiger partial charge in [-0.15, -0.1) is 0 Å². The Morgan fingerprint density at radius 2 is 1.70 bits per heavy atom. The van der Waals surface area contributed by atoms with Crippen LogP contribution in [0.5, 0.6) is 0 Å². The van der Waals surface area contributed by atoms with Crippen LogP contribution in [0.1, 0.15) is 32.7 Å². The molecular formula is C19H18N2O5S. The molecule has 1 aliphatic heterocycles. The highest BCUT2D eigenvalue weighted by Crippen LogP contribution is 2.28. The molecule has 0 aliphatic carbocycles. The minimum Gasteiger partial charge on any atom is -0.325 e. The van der Waals surface area contributed by atoms with Gasteiger partial charge in [0.1, 0.15) is 0 Å². The van der Waals surface area contributed by atoms with Gasteiger partial charge in [0.15, 0.2) is 9.84 Å². The molecule has 0 aromatic heterocycles. The quantitative estimate of drug-likeness (QED) is 0.793. The lowest BCUT2D eigenvalue weighted by atomic mass is 10.1. The lowest BCUT2D eigenvalue weighted by Crippen LogP contribution is -2.24. The molecule has 1 aliphatic rings. The molecule has 0 spiro atoms. The summed E-state index contributed by atoms with van der Waals surface area (Å²) >= 11 is 0. The van der Waals surface area contributed by atoms with Crippen molar-refractivity contribution in [1.82, 2.24) is 4.90 Å². The van der Waals surface area contributed by atoms with Crippen molar-refractivity contribution >= 4 is 33.2 Å². The van der Waals surface area contributed by atoms with Crippen LogP contribution in [0, 0.1) is 6.92 Å². The van der Waals surface area contributed by atoms with Crippen LogP contribution in [0.15, 0.2) is 47.4 Å². The second-order valence-electron chi connectivity index (χ2n) is 6.33. The first kappa shape index (κ1) is 18.8. The predicted molar refractivity (Wildman–Crippen MR) is 99.3 cm³/mol. The molecule has 140 valence electrons. The minimum absolute atomic E-state index is 0.125. The number of fused-ring (bicyclic) bond motifs is 1. The molecule has 27 heavy (non-hydrogen) atoms. The fraction of sp³-hybridized carbons (Fsp3) is 0.211. The zero-order chi connectivity index (χ0) is 19.8. The van der Waals surface area contributed by atoms with Crippen LogP contribution in [0.25, 0.3) is 0 Å². The fourth-order valence-corrected chi connectivity index (χ4v) is 4.05. The Balaban J connectivity index is 1.72. The van der Waals surface area contributed by atoms with E-state index < -0.39 is 27.6 Å². The molecule has 0 radical (unpaired) electrons. The molecule has 2 aromatic carbocycles. The average molecular weight is 386 g/mol. The van der Waals surface area contributed by atoms with Gasteiger partial charge >= 0.3 is 0 Å². The topological polar surface area (TPSA) is 101 Å². The lowest BCUT2D eigenvalue weighted by Gasteiger charge is -2.09. The summed E-state index contributed by atoms with van der Waals surface area (Å²) in [5.41, 5.74) is 1.48. The van der Waals surface area contributed by atoms with Gasteiger partial charge in [-0.3, -0.25) is 19.3 Å². The molecule has 0 bridgehead atoms. The predicted octanol–water partition coefficient (Wildman–Crippen LogP) is 2.02. The van der Waals surface area contributed by atoms with Crippen LogP contribution in [0.4, 0.5) is 5.69 Å². The number of nitrogens with zero attached hydrogens (tertiary/aromatic N) is 1. The third-order valence-corrected chi connectivity index (χ3v) is 6.10. The second kappa shape index (κ2) is 6.96. The maximum Gasteiger partial charge on any atom is 0.263 e. The number of nitrogens with one attached hydrogen (secondary N) is 1. The molecule has 8 heteroatoms. The summed E-state index contributed by atoms with van der Waals surface area (Å²) < 4.78 is 24.7. The highest BCUT2D eigenvalue weighted by Gasteiger charge is 2.35. The van der Waals surface area contributed by atoms with Crippen molar-refractivity contribution in [3.8, 4) is 0 Å². The Morgan fingerprint density at radius 1 is 1.04 bits per heavy atom. The highest BCUT2D eigenvalue weighted by molar-refractivity contribution is 7.91. The van der Waals surface area contributed by atoms with E-state index in [1.54, 1.807) is 18.2 Å². The largest absolute Gasteiger partial charge is 0.325 e. The first-order chi connectivity index (χ1) is 12.7. The van der Waals surface area contributed by atoms with Crippen LogP contribution in [-0.2, 0) is 14.6 Å². The summed E-state index contributed by atoms with van der Waals surface area (Å²) in [6.45, 7) is 1.85. The van der Waals surface area contributed by atoms with Gasteiger partial charge in [0.25, 0.3) is 11.8 Å². The Kier molecular flexibility index (Phi) is 4.84. The molecule has 3 amide bonds. The molecule has 1 heterocycles. The maximum absolute atomic E-state index is 12.3. The summed E-state index contributed by atoms with van der Waals surface area (Å²) in [5.74, 6) is -1.84. The number of carbonyl (C=O) groups is 3. The number of sulfone groups is 1. The van der Waals surface area contributed by atoms with E-state index in [4.69, 9.17) is 0 Å². The van der Waals surface area contributed by atoms with Crippen molar-refractivity contribution in [2.45, 2.75) is 18.2 Å². The van der Waals surface area contributed by atoms with E-state index >= 15 is 0 Å². The summed E-state index contributed by atoms with van der Waals surface area (Å²) in [6, 6.07) is 11.0. The molecule has 0 saturated carbocycles. The molecular weight excluding hydrogens is 368 g/mol. The molecule has 2 aromatic rings. The Morgan fingerprint density at radius 3 is 2.37 bits per heavy atom. The zero-order valence-electron chi connectivity index (χ0n) is 14.9. The standard InChI is InChI=1S/C19H18N2O5S/c1-12-6-8-13(9-7-12)27(25,26)11-10-16(22)20-15-5-3-4-14-17(15)19(24)21(2)18(14)23/h3-9H,10-11H2,1-2H3,(H,20,22). The Labute approximate surface area is 156 Å². The lowest BCUT2D eigenvalue weighted by molar-refractivity contribution is -0.115. The van der Waals surface area contributed by atoms with E-state index in [1.165, 1.54) is 31.3 Å². The first-order valence-corrected chi connectivity index (χ1v) is 9.90. The van der Waals surface area contributed by atoms with Gasteiger partial charge in [-0.2, -0.15) is 0 Å². The van der Waals surface area contributed by atoms with Gasteiger partial charge in [-0.25, -0.2) is 8.42 Å². The number of imide groups is 1. The normalized spacial score (nSPS) is 13.6. The van der Waals surface area contributed by atoms with E-state index in [9.17, 15) is 22.8 Å². The second-order valence-corrected chi connectivity index (χ2v) is 8.44. The number of hydrogen-bond acceptors (Lipinski definition) is 5. The smallest absolute Gasteiger partial charge is 0.263 e. The van der Waals surface area contributed by atoms with E-state index in [0.717, 1.165) is 10.5 Å². The summed E-state index contributed by atoms with van der Waals surface area (Å²) in [6.07, 6.45) is -0.266. The van der Waals surface area contributed by atoms with Crippen molar-refractivity contribution in [2.75, 3.05) is 18.1 Å². The van der Waals surface area contributed by atoms with Crippen molar-refractivity contribution in [2.24, 2.45) is 0 Å². The number of amides is 3. The molecule has 0 saturated heterocycles. The van der Waals surface area contributed by atoms with E-state index in [-0.39, 0.29) is 33.9 Å². The van der Waals surface area contributed by atoms with E-state index in [1.807, 2.05) is 6.92 Å². The van der Waals surface area contributed by atoms with Gasteiger partial charge in [0.05, 0.1) is 27.5 Å². The minimum atomic E-state index is -3.59. The van der Waals surface area contributed by atoms with Gasteiger partial charge < -0.3 is 5.32 Å². The van der Waals surface area contributed by atoms with Crippen molar-refractivity contribution < 1.29 is 22.8 Å². The highest BCUT2D eigenvalue weighted by atomic mass is 32.2. The zero-order valence-corrected chi connectivity index (χ0v) is 15.7. The van der Waals surface area contributed by atoms with Gasteiger partial charge in [-0.1, -0.05) is 23.8 Å². The number of aryl methyl sites for hydroxylation is 1. The summed E-state index contributed by atoms with van der Waals surface area (Å²) in [4.78, 5) is 37.6. The van der Waals surface area contributed by atoms with Crippen LogP contribution >= 0.6 is 0 Å². The molecule has 7 nitrogen and oxygen atoms in total. The number of anilines is 1. The molecule has 0 atom stereocenters.